The lowest BCUT2D eigenvalue weighted by Gasteiger charge is -2.30. The van der Waals surface area contributed by atoms with Crippen molar-refractivity contribution in [3.8, 4) is 5.75 Å². The van der Waals surface area contributed by atoms with Crippen LogP contribution < -0.4 is 10.1 Å². The summed E-state index contributed by atoms with van der Waals surface area (Å²) in [5.41, 5.74) is 1.09. The molecule has 0 aliphatic carbocycles. The Hall–Kier alpha value is -1.13. The normalized spacial score (nSPS) is 14.6. The van der Waals surface area contributed by atoms with Gasteiger partial charge in [0.15, 0.2) is 0 Å². The van der Waals surface area contributed by atoms with Crippen LogP contribution in [0.5, 0.6) is 5.75 Å². The van der Waals surface area contributed by atoms with Gasteiger partial charge in [-0.15, -0.1) is 0 Å². The molecule has 1 aromatic rings. The van der Waals surface area contributed by atoms with Crippen LogP contribution >= 0.6 is 0 Å². The zero-order valence-corrected chi connectivity index (χ0v) is 11.9. The lowest BCUT2D eigenvalue weighted by atomic mass is 9.94. The van der Waals surface area contributed by atoms with Gasteiger partial charge in [-0.05, 0) is 24.1 Å². The average Bonchev–Trinajstić information content (AvgIpc) is 2.38. The van der Waals surface area contributed by atoms with Crippen LogP contribution in [-0.4, -0.2) is 31.9 Å². The van der Waals surface area contributed by atoms with Gasteiger partial charge in [0.2, 0.25) is 0 Å². The summed E-state index contributed by atoms with van der Waals surface area (Å²) in [6.45, 7) is 7.29. The Balaban J connectivity index is 3.01. The summed E-state index contributed by atoms with van der Waals surface area (Å²) in [7, 11) is 3.40. The van der Waals surface area contributed by atoms with Crippen LogP contribution in [0, 0.1) is 5.92 Å². The second kappa shape index (κ2) is 7.34. The number of aromatic nitrogens is 1. The number of hydrogen-bond acceptors (Lipinski definition) is 4. The standard InChI is InChI=1S/C14H24N2O2/c1-6-16-13(14(18-5)10(2)3)11-7-12(17-4)9-15-8-11/h7-10,13-14,16H,6H2,1-5H3. The highest BCUT2D eigenvalue weighted by atomic mass is 16.5. The van der Waals surface area contributed by atoms with E-state index in [2.05, 4.69) is 31.1 Å². The van der Waals surface area contributed by atoms with E-state index in [9.17, 15) is 0 Å². The van der Waals surface area contributed by atoms with Gasteiger partial charge in [-0.25, -0.2) is 0 Å². The highest BCUT2D eigenvalue weighted by molar-refractivity contribution is 5.26. The van der Waals surface area contributed by atoms with E-state index in [0.29, 0.717) is 5.92 Å². The first-order valence-corrected chi connectivity index (χ1v) is 6.39. The van der Waals surface area contributed by atoms with E-state index in [1.807, 2.05) is 12.3 Å². The van der Waals surface area contributed by atoms with E-state index in [1.165, 1.54) is 0 Å². The van der Waals surface area contributed by atoms with Crippen LogP contribution in [-0.2, 0) is 4.74 Å². The minimum Gasteiger partial charge on any atom is -0.495 e. The van der Waals surface area contributed by atoms with Crippen molar-refractivity contribution in [1.29, 1.82) is 0 Å². The van der Waals surface area contributed by atoms with Gasteiger partial charge >= 0.3 is 0 Å². The fraction of sp³-hybridized carbons (Fsp3) is 0.643. The van der Waals surface area contributed by atoms with E-state index in [0.717, 1.165) is 17.9 Å². The molecule has 0 aromatic carbocycles. The fourth-order valence-electron chi connectivity index (χ4n) is 2.15. The molecule has 0 radical (unpaired) electrons. The van der Waals surface area contributed by atoms with Crippen LogP contribution in [0.4, 0.5) is 0 Å². The van der Waals surface area contributed by atoms with Gasteiger partial charge in [0.05, 0.1) is 25.5 Å². The van der Waals surface area contributed by atoms with Crippen molar-refractivity contribution in [2.24, 2.45) is 5.92 Å². The molecule has 0 spiro atoms. The molecule has 0 bridgehead atoms. The van der Waals surface area contributed by atoms with Crippen molar-refractivity contribution < 1.29 is 9.47 Å². The second-order valence-electron chi connectivity index (χ2n) is 4.64. The summed E-state index contributed by atoms with van der Waals surface area (Å²) in [4.78, 5) is 4.21. The third kappa shape index (κ3) is 3.68. The number of methoxy groups -OCH3 is 2. The van der Waals surface area contributed by atoms with E-state index < -0.39 is 0 Å². The molecule has 0 fully saturated rings. The van der Waals surface area contributed by atoms with E-state index in [4.69, 9.17) is 9.47 Å². The molecule has 18 heavy (non-hydrogen) atoms. The number of hydrogen-bond donors (Lipinski definition) is 1. The molecule has 1 N–H and O–H groups in total. The Morgan fingerprint density at radius 2 is 2.00 bits per heavy atom. The Kier molecular flexibility index (Phi) is 6.09. The van der Waals surface area contributed by atoms with E-state index in [-0.39, 0.29) is 12.1 Å². The smallest absolute Gasteiger partial charge is 0.137 e. The van der Waals surface area contributed by atoms with Crippen LogP contribution in [0.3, 0.4) is 0 Å². The third-order valence-corrected chi connectivity index (χ3v) is 3.01. The summed E-state index contributed by atoms with van der Waals surface area (Å²) >= 11 is 0. The molecule has 4 nitrogen and oxygen atoms in total. The first-order chi connectivity index (χ1) is 8.63. The van der Waals surface area contributed by atoms with Crippen molar-refractivity contribution in [2.75, 3.05) is 20.8 Å². The number of nitrogens with one attached hydrogen (secondary N) is 1. The Labute approximate surface area is 110 Å². The maximum atomic E-state index is 5.62. The summed E-state index contributed by atoms with van der Waals surface area (Å²) in [5, 5.41) is 3.46. The summed E-state index contributed by atoms with van der Waals surface area (Å²) in [6, 6.07) is 2.14. The van der Waals surface area contributed by atoms with Crippen LogP contribution in [0.1, 0.15) is 32.4 Å². The number of pyridine rings is 1. The van der Waals surface area contributed by atoms with Crippen molar-refractivity contribution in [1.82, 2.24) is 10.3 Å². The second-order valence-corrected chi connectivity index (χ2v) is 4.64. The van der Waals surface area contributed by atoms with Crippen molar-refractivity contribution in [3.63, 3.8) is 0 Å². The average molecular weight is 252 g/mol. The van der Waals surface area contributed by atoms with Crippen molar-refractivity contribution in [2.45, 2.75) is 32.9 Å². The van der Waals surface area contributed by atoms with Crippen molar-refractivity contribution in [3.05, 3.63) is 24.0 Å². The molecular weight excluding hydrogens is 228 g/mol. The van der Waals surface area contributed by atoms with Gasteiger partial charge < -0.3 is 14.8 Å². The summed E-state index contributed by atoms with van der Waals surface area (Å²) in [6.07, 6.45) is 3.69. The van der Waals surface area contributed by atoms with Gasteiger partial charge in [-0.1, -0.05) is 20.8 Å². The molecule has 102 valence electrons. The summed E-state index contributed by atoms with van der Waals surface area (Å²) < 4.78 is 10.8. The first kappa shape index (κ1) is 14.9. The number of nitrogens with zero attached hydrogens (tertiary/aromatic N) is 1. The topological polar surface area (TPSA) is 43.4 Å². The number of rotatable bonds is 7. The molecule has 1 rings (SSSR count). The molecule has 0 saturated carbocycles. The molecule has 1 aromatic heterocycles. The van der Waals surface area contributed by atoms with Crippen molar-refractivity contribution >= 4 is 0 Å². The first-order valence-electron chi connectivity index (χ1n) is 6.39. The quantitative estimate of drug-likeness (QED) is 0.809. The van der Waals surface area contributed by atoms with Gasteiger partial charge in [-0.2, -0.15) is 0 Å². The number of likely N-dealkylation sites (N-methyl/N-ethyl adjacent to an activating group) is 1. The molecular formula is C14H24N2O2. The van der Waals surface area contributed by atoms with Gasteiger partial charge in [0.25, 0.3) is 0 Å². The predicted octanol–water partition coefficient (Wildman–Crippen LogP) is 2.41. The predicted molar refractivity (Wildman–Crippen MR) is 72.8 cm³/mol. The monoisotopic (exact) mass is 252 g/mol. The Morgan fingerprint density at radius 3 is 2.50 bits per heavy atom. The van der Waals surface area contributed by atoms with Crippen LogP contribution in [0.25, 0.3) is 0 Å². The molecule has 4 heteroatoms. The van der Waals surface area contributed by atoms with E-state index >= 15 is 0 Å². The van der Waals surface area contributed by atoms with Gasteiger partial charge in [0.1, 0.15) is 5.75 Å². The molecule has 1 heterocycles. The zero-order chi connectivity index (χ0) is 13.5. The molecule has 0 amide bonds. The SMILES string of the molecule is CCNC(c1cncc(OC)c1)C(OC)C(C)C. The maximum absolute atomic E-state index is 5.62. The Bertz CT molecular complexity index is 355. The van der Waals surface area contributed by atoms with Crippen LogP contribution in [0.15, 0.2) is 18.5 Å². The highest BCUT2D eigenvalue weighted by Crippen LogP contribution is 2.26. The molecule has 2 unspecified atom stereocenters. The summed E-state index contributed by atoms with van der Waals surface area (Å²) in [5.74, 6) is 1.19. The van der Waals surface area contributed by atoms with Crippen LogP contribution in [0.2, 0.25) is 0 Å². The molecule has 2 atom stereocenters. The largest absolute Gasteiger partial charge is 0.495 e. The number of ether oxygens (including phenoxy) is 2. The lowest BCUT2D eigenvalue weighted by molar-refractivity contribution is 0.0329. The Morgan fingerprint density at radius 1 is 1.28 bits per heavy atom. The zero-order valence-electron chi connectivity index (χ0n) is 11.9. The molecule has 0 aliphatic heterocycles. The minimum absolute atomic E-state index is 0.110. The molecule has 0 aliphatic rings. The highest BCUT2D eigenvalue weighted by Gasteiger charge is 2.25. The van der Waals surface area contributed by atoms with Gasteiger partial charge in [-0.3, -0.25) is 4.98 Å². The third-order valence-electron chi connectivity index (χ3n) is 3.01. The lowest BCUT2D eigenvalue weighted by Crippen LogP contribution is -2.36. The fourth-order valence-corrected chi connectivity index (χ4v) is 2.15. The molecule has 0 saturated heterocycles. The maximum Gasteiger partial charge on any atom is 0.137 e. The van der Waals surface area contributed by atoms with E-state index in [1.54, 1.807) is 20.4 Å². The van der Waals surface area contributed by atoms with Gasteiger partial charge in [0, 0.05) is 13.3 Å². The minimum atomic E-state index is 0.110.